The minimum Gasteiger partial charge on any atom is -0.261 e. The predicted octanol–water partition coefficient (Wildman–Crippen LogP) is 12.8. The summed E-state index contributed by atoms with van der Waals surface area (Å²) in [4.78, 5) is 14.3. The van der Waals surface area contributed by atoms with Gasteiger partial charge in [0, 0.05) is 11.1 Å². The van der Waals surface area contributed by atoms with Crippen LogP contribution in [0.4, 0.5) is 0 Å². The first-order valence-corrected chi connectivity index (χ1v) is 18.2. The van der Waals surface area contributed by atoms with Crippen LogP contribution in [0.2, 0.25) is 0 Å². The van der Waals surface area contributed by atoms with E-state index in [0.717, 1.165) is 34.3 Å². The SMILES string of the molecule is C=CC.C=NC(=NC(=NCC1=CC=CCC=C1)c1ccc(-c2cccc3c2-c2ccccc2C3(C(=C)/C=C\C)c2ccccc2)cc1)C(/C=C\C)=C/C. The van der Waals surface area contributed by atoms with E-state index in [4.69, 9.17) is 9.98 Å². The minimum absolute atomic E-state index is 0.501. The number of fused-ring (bicyclic) bond motifs is 3. The van der Waals surface area contributed by atoms with Crippen molar-refractivity contribution in [1.29, 1.82) is 0 Å². The standard InChI is InChI=1S/C47H43N3.C3H6/c1-6-19-34(4)47(39-23-14-11-15-24-39)42-27-17-16-25-41(42)44-40(26-18-28-43(44)47)37-29-31-38(32-30-37)46(49-33-35-21-12-9-10-13-22-35)50-45(48-5)36(8-3)20-7-2;1-3-2/h6-9,11-32H,4-5,10,33H2,1-3H3;3H,1H2,2H3/b19-6-,20-7-,36-8+,49-46?,50-45?;. The van der Waals surface area contributed by atoms with Crippen molar-refractivity contribution in [3.8, 4) is 22.3 Å². The van der Waals surface area contributed by atoms with Gasteiger partial charge in [0.25, 0.3) is 0 Å². The van der Waals surface area contributed by atoms with E-state index in [1.165, 1.54) is 33.4 Å². The van der Waals surface area contributed by atoms with Gasteiger partial charge < -0.3 is 0 Å². The van der Waals surface area contributed by atoms with Crippen molar-refractivity contribution < 1.29 is 0 Å². The van der Waals surface area contributed by atoms with Gasteiger partial charge in [-0.1, -0.05) is 170 Å². The minimum atomic E-state index is -0.508. The summed E-state index contributed by atoms with van der Waals surface area (Å²) in [7, 11) is 0. The van der Waals surface area contributed by atoms with Crippen molar-refractivity contribution in [2.24, 2.45) is 15.0 Å². The molecule has 0 aliphatic heterocycles. The quantitative estimate of drug-likeness (QED) is 0.0725. The third kappa shape index (κ3) is 8.00. The van der Waals surface area contributed by atoms with Crippen LogP contribution >= 0.6 is 0 Å². The second-order valence-electron chi connectivity index (χ2n) is 12.7. The van der Waals surface area contributed by atoms with E-state index in [-0.39, 0.29) is 0 Å². The molecule has 0 N–H and O–H groups in total. The Morgan fingerprint density at radius 3 is 2.15 bits per heavy atom. The Morgan fingerprint density at radius 1 is 0.774 bits per heavy atom. The first-order chi connectivity index (χ1) is 26.0. The molecule has 264 valence electrons. The molecular formula is C50H49N3. The summed E-state index contributed by atoms with van der Waals surface area (Å²) >= 11 is 0. The summed E-state index contributed by atoms with van der Waals surface area (Å²) in [6.45, 7) is 20.3. The molecule has 0 radical (unpaired) electrons. The summed E-state index contributed by atoms with van der Waals surface area (Å²) in [6.07, 6.45) is 23.5. The molecule has 53 heavy (non-hydrogen) atoms. The van der Waals surface area contributed by atoms with E-state index >= 15 is 0 Å². The van der Waals surface area contributed by atoms with Crippen LogP contribution in [0.3, 0.4) is 0 Å². The van der Waals surface area contributed by atoms with Crippen LogP contribution in [-0.4, -0.2) is 24.9 Å². The number of allylic oxidation sites excluding steroid dienone is 10. The summed E-state index contributed by atoms with van der Waals surface area (Å²) in [5.41, 5.74) is 11.9. The maximum atomic E-state index is 5.02. The van der Waals surface area contributed by atoms with E-state index in [2.05, 4.69) is 171 Å². The topological polar surface area (TPSA) is 37.1 Å². The van der Waals surface area contributed by atoms with Gasteiger partial charge in [-0.05, 0) is 90.9 Å². The Kier molecular flexibility index (Phi) is 13.2. The van der Waals surface area contributed by atoms with Crippen LogP contribution in [-0.2, 0) is 5.41 Å². The highest BCUT2D eigenvalue weighted by Gasteiger charge is 2.46. The normalized spacial score (nSPS) is 16.8. The Balaban J connectivity index is 0.00000175. The maximum Gasteiger partial charge on any atom is 0.160 e. The van der Waals surface area contributed by atoms with Crippen molar-refractivity contribution >= 4 is 18.4 Å². The van der Waals surface area contributed by atoms with E-state index in [0.29, 0.717) is 18.2 Å². The van der Waals surface area contributed by atoms with Crippen LogP contribution in [0.5, 0.6) is 0 Å². The highest BCUT2D eigenvalue weighted by atomic mass is 15.0. The molecule has 1 atom stereocenters. The molecule has 0 bridgehead atoms. The Hall–Kier alpha value is -6.19. The van der Waals surface area contributed by atoms with Crippen LogP contribution in [0, 0.1) is 0 Å². The molecule has 0 heterocycles. The molecular weight excluding hydrogens is 643 g/mol. The molecule has 0 spiro atoms. The van der Waals surface area contributed by atoms with Gasteiger partial charge >= 0.3 is 0 Å². The highest BCUT2D eigenvalue weighted by molar-refractivity contribution is 6.13. The van der Waals surface area contributed by atoms with E-state index in [9.17, 15) is 0 Å². The molecule has 2 aliphatic rings. The lowest BCUT2D eigenvalue weighted by Gasteiger charge is -2.34. The number of benzene rings is 4. The fourth-order valence-corrected chi connectivity index (χ4v) is 7.08. The monoisotopic (exact) mass is 691 g/mol. The molecule has 0 saturated carbocycles. The molecule has 3 nitrogen and oxygen atoms in total. The van der Waals surface area contributed by atoms with Gasteiger partial charge in [-0.3, -0.25) is 4.99 Å². The van der Waals surface area contributed by atoms with Crippen molar-refractivity contribution in [3.05, 3.63) is 216 Å². The lowest BCUT2D eigenvalue weighted by atomic mass is 9.67. The van der Waals surface area contributed by atoms with E-state index < -0.39 is 5.41 Å². The molecule has 0 fully saturated rings. The predicted molar refractivity (Wildman–Crippen MR) is 231 cm³/mol. The molecule has 0 aromatic heterocycles. The molecule has 4 aromatic carbocycles. The number of hydrogen-bond donors (Lipinski definition) is 0. The Labute approximate surface area is 316 Å². The van der Waals surface area contributed by atoms with Crippen LogP contribution in [0.25, 0.3) is 22.3 Å². The number of nitrogens with zero attached hydrogens (tertiary/aromatic N) is 3. The Bertz CT molecular complexity index is 2200. The van der Waals surface area contributed by atoms with Gasteiger partial charge in [0.2, 0.25) is 0 Å². The van der Waals surface area contributed by atoms with Gasteiger partial charge in [0.05, 0.1) is 12.0 Å². The Morgan fingerprint density at radius 2 is 1.45 bits per heavy atom. The lowest BCUT2D eigenvalue weighted by molar-refractivity contribution is 0.770. The second kappa shape index (κ2) is 18.3. The van der Waals surface area contributed by atoms with Gasteiger partial charge in [-0.15, -0.1) is 6.58 Å². The van der Waals surface area contributed by atoms with Gasteiger partial charge in [-0.25, -0.2) is 9.98 Å². The summed E-state index contributed by atoms with van der Waals surface area (Å²) in [6, 6.07) is 34.8. The van der Waals surface area contributed by atoms with Crippen molar-refractivity contribution in [3.63, 3.8) is 0 Å². The average molecular weight is 692 g/mol. The molecule has 1 unspecified atom stereocenters. The fourth-order valence-electron chi connectivity index (χ4n) is 7.08. The molecule has 3 heteroatoms. The zero-order valence-electron chi connectivity index (χ0n) is 31.5. The van der Waals surface area contributed by atoms with Crippen molar-refractivity contribution in [2.75, 3.05) is 6.54 Å². The number of rotatable bonds is 9. The summed E-state index contributed by atoms with van der Waals surface area (Å²) in [5, 5.41) is 0. The van der Waals surface area contributed by atoms with Crippen LogP contribution < -0.4 is 0 Å². The zero-order valence-corrected chi connectivity index (χ0v) is 31.5. The second-order valence-corrected chi connectivity index (χ2v) is 12.7. The van der Waals surface area contributed by atoms with Crippen LogP contribution in [0.15, 0.2) is 209 Å². The summed E-state index contributed by atoms with van der Waals surface area (Å²) < 4.78 is 0. The number of hydrogen-bond acceptors (Lipinski definition) is 1. The zero-order chi connectivity index (χ0) is 37.6. The molecule has 0 amide bonds. The lowest BCUT2D eigenvalue weighted by Crippen LogP contribution is -2.28. The third-order valence-corrected chi connectivity index (χ3v) is 9.32. The molecule has 4 aromatic rings. The average Bonchev–Trinajstić information content (AvgIpc) is 3.28. The fraction of sp³-hybridized carbons (Fsp3) is 0.140. The van der Waals surface area contributed by atoms with Crippen LogP contribution in [0.1, 0.15) is 56.4 Å². The number of aliphatic imine (C=N–C) groups is 3. The third-order valence-electron chi connectivity index (χ3n) is 9.32. The van der Waals surface area contributed by atoms with E-state index in [1.807, 2.05) is 39.0 Å². The largest absolute Gasteiger partial charge is 0.261 e. The first-order valence-electron chi connectivity index (χ1n) is 18.2. The molecule has 6 rings (SSSR count). The molecule has 2 aliphatic carbocycles. The van der Waals surface area contributed by atoms with Gasteiger partial charge in [-0.2, -0.15) is 0 Å². The summed E-state index contributed by atoms with van der Waals surface area (Å²) in [5.74, 6) is 1.15. The van der Waals surface area contributed by atoms with Gasteiger partial charge in [0.1, 0.15) is 0 Å². The van der Waals surface area contributed by atoms with E-state index in [1.54, 1.807) is 6.08 Å². The maximum absolute atomic E-state index is 5.02. The first kappa shape index (κ1) is 38.1. The highest BCUT2D eigenvalue weighted by Crippen LogP contribution is 2.58. The molecule has 0 saturated heterocycles. The van der Waals surface area contributed by atoms with Crippen molar-refractivity contribution in [1.82, 2.24) is 0 Å². The smallest absolute Gasteiger partial charge is 0.160 e. The number of amidine groups is 2. The van der Waals surface area contributed by atoms with Crippen molar-refractivity contribution in [2.45, 2.75) is 39.5 Å². The van der Waals surface area contributed by atoms with Gasteiger partial charge in [0.15, 0.2) is 11.7 Å².